The van der Waals surface area contributed by atoms with E-state index in [9.17, 15) is 9.59 Å². The van der Waals surface area contributed by atoms with Gasteiger partial charge in [-0.25, -0.2) is 0 Å². The van der Waals surface area contributed by atoms with Gasteiger partial charge in [-0.3, -0.25) is 9.59 Å². The second-order valence-electron chi connectivity index (χ2n) is 3.77. The lowest BCUT2D eigenvalue weighted by Crippen LogP contribution is -2.56. The Morgan fingerprint density at radius 2 is 2.25 bits per heavy atom. The summed E-state index contributed by atoms with van der Waals surface area (Å²) in [5.41, 5.74) is 1.81. The second-order valence-corrected chi connectivity index (χ2v) is 4.63. The zero-order chi connectivity index (χ0) is 11.9. The van der Waals surface area contributed by atoms with E-state index in [2.05, 4.69) is 15.9 Å². The molecule has 5 heteroatoms. The van der Waals surface area contributed by atoms with E-state index in [1.807, 2.05) is 25.1 Å². The molecule has 84 valence electrons. The van der Waals surface area contributed by atoms with Gasteiger partial charge in [0.2, 0.25) is 5.91 Å². The summed E-state index contributed by atoms with van der Waals surface area (Å²) in [6, 6.07) is 5.53. The highest BCUT2D eigenvalue weighted by atomic mass is 79.9. The Hall–Kier alpha value is -1.36. The number of halogens is 1. The Labute approximate surface area is 101 Å². The molecule has 0 spiro atoms. The van der Waals surface area contributed by atoms with Gasteiger partial charge in [0.05, 0.1) is 0 Å². The van der Waals surface area contributed by atoms with Crippen molar-refractivity contribution in [2.75, 3.05) is 11.4 Å². The molecule has 1 aliphatic rings. The molecule has 0 aromatic heterocycles. The molecule has 1 aromatic rings. The highest BCUT2D eigenvalue weighted by molar-refractivity contribution is 9.10. The minimum absolute atomic E-state index is 0.254. The third-order valence-electron chi connectivity index (χ3n) is 2.69. The number of rotatable bonds is 2. The topological polar surface area (TPSA) is 57.6 Å². The van der Waals surface area contributed by atoms with Gasteiger partial charge in [0.1, 0.15) is 0 Å². The zero-order valence-corrected chi connectivity index (χ0v) is 10.2. The lowest BCUT2D eigenvalue weighted by Gasteiger charge is -2.36. The summed E-state index contributed by atoms with van der Waals surface area (Å²) in [5.74, 6) is -2.27. The van der Waals surface area contributed by atoms with Crippen LogP contribution in [0.2, 0.25) is 0 Å². The molecule has 1 heterocycles. The average Bonchev–Trinajstić information content (AvgIpc) is 2.20. The monoisotopic (exact) mass is 283 g/mol. The molecule has 1 aliphatic heterocycles. The molecule has 0 aliphatic carbocycles. The predicted octanol–water partition coefficient (Wildman–Crippen LogP) is 1.80. The maximum Gasteiger partial charge on any atom is 0.317 e. The van der Waals surface area contributed by atoms with Gasteiger partial charge in [0.25, 0.3) is 0 Å². The largest absolute Gasteiger partial charge is 0.481 e. The number of carboxylic acids is 1. The Bertz CT molecular complexity index is 472. The van der Waals surface area contributed by atoms with E-state index < -0.39 is 11.9 Å². The molecule has 1 fully saturated rings. The minimum Gasteiger partial charge on any atom is -0.481 e. The Morgan fingerprint density at radius 1 is 1.56 bits per heavy atom. The molecule has 1 N–H and O–H groups in total. The highest BCUT2D eigenvalue weighted by Gasteiger charge is 2.42. The molecule has 0 bridgehead atoms. The summed E-state index contributed by atoms with van der Waals surface area (Å²) in [4.78, 5) is 23.6. The van der Waals surface area contributed by atoms with E-state index in [0.29, 0.717) is 0 Å². The van der Waals surface area contributed by atoms with Gasteiger partial charge in [-0.2, -0.15) is 0 Å². The van der Waals surface area contributed by atoms with Crippen LogP contribution in [0.3, 0.4) is 0 Å². The van der Waals surface area contributed by atoms with Gasteiger partial charge in [-0.15, -0.1) is 0 Å². The molecular weight excluding hydrogens is 274 g/mol. The van der Waals surface area contributed by atoms with Crippen molar-refractivity contribution in [1.82, 2.24) is 0 Å². The van der Waals surface area contributed by atoms with Gasteiger partial charge < -0.3 is 10.0 Å². The van der Waals surface area contributed by atoms with Crippen LogP contribution in [0.5, 0.6) is 0 Å². The van der Waals surface area contributed by atoms with Gasteiger partial charge in [-0.1, -0.05) is 22.0 Å². The number of hydrogen-bond acceptors (Lipinski definition) is 2. The highest BCUT2D eigenvalue weighted by Crippen LogP contribution is 2.29. The maximum absolute atomic E-state index is 11.5. The standard InChI is InChI=1S/C11H10BrNO3/c1-6-2-3-7(4-9(6)12)13-5-8(10(13)14)11(15)16/h2-4,8H,5H2,1H3,(H,15,16). The van der Waals surface area contributed by atoms with Crippen molar-refractivity contribution in [3.63, 3.8) is 0 Å². The second kappa shape index (κ2) is 3.90. The van der Waals surface area contributed by atoms with Crippen molar-refractivity contribution >= 4 is 33.5 Å². The van der Waals surface area contributed by atoms with Crippen molar-refractivity contribution in [3.8, 4) is 0 Å². The number of aryl methyl sites for hydroxylation is 1. The summed E-state index contributed by atoms with van der Waals surface area (Å²) in [7, 11) is 0. The van der Waals surface area contributed by atoms with E-state index in [4.69, 9.17) is 5.11 Å². The number of amides is 1. The average molecular weight is 284 g/mol. The number of anilines is 1. The maximum atomic E-state index is 11.5. The minimum atomic E-state index is -1.05. The SMILES string of the molecule is Cc1ccc(N2CC(C(=O)O)C2=O)cc1Br. The number of benzene rings is 1. The Morgan fingerprint density at radius 3 is 2.75 bits per heavy atom. The quantitative estimate of drug-likeness (QED) is 0.665. The molecule has 1 saturated heterocycles. The van der Waals surface area contributed by atoms with Crippen LogP contribution in [0.4, 0.5) is 5.69 Å². The van der Waals surface area contributed by atoms with Crippen molar-refractivity contribution in [1.29, 1.82) is 0 Å². The number of nitrogens with zero attached hydrogens (tertiary/aromatic N) is 1. The molecule has 0 radical (unpaired) electrons. The lowest BCUT2D eigenvalue weighted by molar-refractivity contribution is -0.149. The van der Waals surface area contributed by atoms with Gasteiger partial charge in [0.15, 0.2) is 5.92 Å². The number of β-lactam (4-membered cyclic amide) rings is 1. The first-order chi connectivity index (χ1) is 7.50. The molecule has 4 nitrogen and oxygen atoms in total. The molecule has 1 unspecified atom stereocenters. The number of hydrogen-bond donors (Lipinski definition) is 1. The molecule has 16 heavy (non-hydrogen) atoms. The van der Waals surface area contributed by atoms with Gasteiger partial charge in [-0.05, 0) is 24.6 Å². The van der Waals surface area contributed by atoms with Crippen LogP contribution < -0.4 is 4.90 Å². The number of carbonyl (C=O) groups excluding carboxylic acids is 1. The first-order valence-electron chi connectivity index (χ1n) is 4.81. The number of carbonyl (C=O) groups is 2. The normalized spacial score (nSPS) is 19.5. The zero-order valence-electron chi connectivity index (χ0n) is 8.61. The van der Waals surface area contributed by atoms with Crippen molar-refractivity contribution in [2.24, 2.45) is 5.92 Å². The van der Waals surface area contributed by atoms with E-state index in [1.54, 1.807) is 0 Å². The molecular formula is C11H10BrNO3. The Kier molecular flexibility index (Phi) is 2.71. The third kappa shape index (κ3) is 1.71. The van der Waals surface area contributed by atoms with E-state index in [1.165, 1.54) is 4.90 Å². The van der Waals surface area contributed by atoms with Crippen LogP contribution in [-0.2, 0) is 9.59 Å². The van der Waals surface area contributed by atoms with Crippen LogP contribution in [0.15, 0.2) is 22.7 Å². The molecule has 1 amide bonds. The number of aliphatic carboxylic acids is 1. The summed E-state index contributed by atoms with van der Waals surface area (Å²) in [5, 5.41) is 8.71. The smallest absolute Gasteiger partial charge is 0.317 e. The molecule has 1 aromatic carbocycles. The molecule has 2 rings (SSSR count). The van der Waals surface area contributed by atoms with Crippen molar-refractivity contribution in [3.05, 3.63) is 28.2 Å². The molecule has 0 saturated carbocycles. The summed E-state index contributed by atoms with van der Waals surface area (Å²) in [6.45, 7) is 2.20. The lowest BCUT2D eigenvalue weighted by atomic mass is 9.98. The fraction of sp³-hybridized carbons (Fsp3) is 0.273. The van der Waals surface area contributed by atoms with Crippen LogP contribution in [0, 0.1) is 12.8 Å². The van der Waals surface area contributed by atoms with Crippen LogP contribution in [0.25, 0.3) is 0 Å². The van der Waals surface area contributed by atoms with Crippen molar-refractivity contribution in [2.45, 2.75) is 6.92 Å². The van der Waals surface area contributed by atoms with Gasteiger partial charge in [0, 0.05) is 16.7 Å². The van der Waals surface area contributed by atoms with Crippen molar-refractivity contribution < 1.29 is 14.7 Å². The summed E-state index contributed by atoms with van der Waals surface area (Å²) < 4.78 is 0.913. The number of carboxylic acid groups (broad SMARTS) is 1. The van der Waals surface area contributed by atoms with Crippen LogP contribution in [0.1, 0.15) is 5.56 Å². The Balaban J connectivity index is 2.19. The first kappa shape index (κ1) is 11.1. The summed E-state index contributed by atoms with van der Waals surface area (Å²) in [6.07, 6.45) is 0. The van der Waals surface area contributed by atoms with Gasteiger partial charge >= 0.3 is 5.97 Å². The first-order valence-corrected chi connectivity index (χ1v) is 5.60. The van der Waals surface area contributed by atoms with E-state index in [-0.39, 0.29) is 12.5 Å². The van der Waals surface area contributed by atoms with E-state index in [0.717, 1.165) is 15.7 Å². The van der Waals surface area contributed by atoms with Crippen LogP contribution >= 0.6 is 15.9 Å². The summed E-state index contributed by atoms with van der Waals surface area (Å²) >= 11 is 3.38. The molecule has 1 atom stereocenters. The predicted molar refractivity (Wildman–Crippen MR) is 62.4 cm³/mol. The fourth-order valence-electron chi connectivity index (χ4n) is 1.59. The van der Waals surface area contributed by atoms with Crippen LogP contribution in [-0.4, -0.2) is 23.5 Å². The fourth-order valence-corrected chi connectivity index (χ4v) is 1.96. The van der Waals surface area contributed by atoms with E-state index >= 15 is 0 Å². The third-order valence-corrected chi connectivity index (χ3v) is 3.55.